The molecule has 0 bridgehead atoms. The molecule has 11 nitrogen and oxygen atoms in total. The Bertz CT molecular complexity index is 1980. The summed E-state index contributed by atoms with van der Waals surface area (Å²) in [4.78, 5) is 17.9. The molecular formula is C32H27Cl3N4O7S. The minimum absolute atomic E-state index is 0.134. The number of carbonyl (C=O) groups excluding carboxylic acids is 1. The van der Waals surface area contributed by atoms with Crippen molar-refractivity contribution in [2.75, 3.05) is 12.3 Å². The summed E-state index contributed by atoms with van der Waals surface area (Å²) in [5, 5.41) is 21.6. The van der Waals surface area contributed by atoms with Crippen molar-refractivity contribution in [3.05, 3.63) is 103 Å². The van der Waals surface area contributed by atoms with Gasteiger partial charge >= 0.3 is 0 Å². The van der Waals surface area contributed by atoms with E-state index in [1.165, 1.54) is 18.2 Å². The van der Waals surface area contributed by atoms with E-state index in [-0.39, 0.29) is 36.8 Å². The first-order valence-corrected chi connectivity index (χ1v) is 17.0. The molecule has 1 aliphatic carbocycles. The Morgan fingerprint density at radius 2 is 1.85 bits per heavy atom. The number of hydrogen-bond donors (Lipinski definition) is 2. The number of benzene rings is 3. The van der Waals surface area contributed by atoms with E-state index in [2.05, 4.69) is 15.6 Å². The molecule has 2 N–H and O–H groups in total. The molecule has 0 unspecified atom stereocenters. The monoisotopic (exact) mass is 716 g/mol. The maximum atomic E-state index is 12.4. The quantitative estimate of drug-likeness (QED) is 0.0828. The van der Waals surface area contributed by atoms with Crippen molar-refractivity contribution in [2.45, 2.75) is 38.9 Å². The summed E-state index contributed by atoms with van der Waals surface area (Å²) in [6, 6.07) is 16.7. The number of nitrogens with one attached hydrogen (secondary N) is 1. The number of aromatic nitrogens is 1. The average molecular weight is 718 g/mol. The van der Waals surface area contributed by atoms with E-state index in [1.54, 1.807) is 43.3 Å². The first-order valence-electron chi connectivity index (χ1n) is 14.2. The molecule has 0 spiro atoms. The number of nitrogens with zero attached hydrogens (tertiary/aromatic N) is 3. The van der Waals surface area contributed by atoms with Crippen LogP contribution < -0.4 is 10.1 Å². The van der Waals surface area contributed by atoms with E-state index in [4.69, 9.17) is 53.5 Å². The Morgan fingerprint density at radius 3 is 2.51 bits per heavy atom. The molecule has 0 saturated heterocycles. The Balaban J connectivity index is 1.25. The molecule has 0 atom stereocenters. The number of rotatable bonds is 13. The predicted octanol–water partition coefficient (Wildman–Crippen LogP) is 7.19. The largest absolute Gasteiger partial charge is 0.489 e. The van der Waals surface area contributed by atoms with Gasteiger partial charge in [-0.2, -0.15) is 13.7 Å². The van der Waals surface area contributed by atoms with E-state index >= 15 is 0 Å². The average Bonchev–Trinajstić information content (AvgIpc) is 3.79. The number of ether oxygens (including phenoxy) is 1. The highest BCUT2D eigenvalue weighted by atomic mass is 35.5. The molecule has 1 aliphatic rings. The molecule has 47 heavy (non-hydrogen) atoms. The summed E-state index contributed by atoms with van der Waals surface area (Å²) >= 11 is 19.5. The highest BCUT2D eigenvalue weighted by molar-refractivity contribution is 7.85. The van der Waals surface area contributed by atoms with E-state index < -0.39 is 21.8 Å². The van der Waals surface area contributed by atoms with Gasteiger partial charge in [-0.25, -0.2) is 0 Å². The summed E-state index contributed by atoms with van der Waals surface area (Å²) in [5.41, 5.74) is 3.75. The zero-order valence-corrected chi connectivity index (χ0v) is 27.9. The lowest BCUT2D eigenvalue weighted by molar-refractivity contribution is 0.0955. The minimum Gasteiger partial charge on any atom is -0.489 e. The molecule has 1 saturated carbocycles. The SMILES string of the molecule is CC(=NOCc1cc(C(=O)NCCS(=O)(=O)O)ccc1C#N)c1ccc(OCc2c(-c3c(Cl)cccc3Cl)noc2C2CC2)cc1Cl. The molecule has 1 amide bonds. The van der Waals surface area contributed by atoms with Crippen molar-refractivity contribution >= 4 is 56.5 Å². The summed E-state index contributed by atoms with van der Waals surface area (Å²) in [6.45, 7) is 1.44. The van der Waals surface area contributed by atoms with E-state index in [0.29, 0.717) is 48.9 Å². The Morgan fingerprint density at radius 1 is 1.11 bits per heavy atom. The van der Waals surface area contributed by atoms with Crippen molar-refractivity contribution < 1.29 is 31.9 Å². The standard InChI is InChI=1S/C32H27Cl3N4O7S/c1-18(38-45-16-22-13-20(7-8-21(22)15-36)32(40)37-11-12-47(41,42)43)24-10-9-23(14-28(24)35)44-17-25-30(39-46-31(25)19-5-6-19)29-26(33)3-2-4-27(29)34/h2-4,7-10,13-14,19H,5-6,11-12,16-17H2,1H3,(H,37,40)(H,41,42,43). The number of halogens is 3. The Hall–Kier alpha value is -4.12. The molecule has 15 heteroatoms. The van der Waals surface area contributed by atoms with Crippen molar-refractivity contribution in [2.24, 2.45) is 5.16 Å². The van der Waals surface area contributed by atoms with E-state index in [0.717, 1.165) is 24.2 Å². The van der Waals surface area contributed by atoms with Crippen molar-refractivity contribution in [1.82, 2.24) is 10.5 Å². The maximum Gasteiger partial charge on any atom is 0.266 e. The molecule has 4 aromatic rings. The Labute approximate surface area is 285 Å². The van der Waals surface area contributed by atoms with Gasteiger partial charge < -0.3 is 19.4 Å². The molecule has 0 aliphatic heterocycles. The molecule has 1 aromatic heterocycles. The van der Waals surface area contributed by atoms with Gasteiger partial charge in [-0.15, -0.1) is 0 Å². The second-order valence-corrected chi connectivity index (χ2v) is 13.4. The smallest absolute Gasteiger partial charge is 0.266 e. The summed E-state index contributed by atoms with van der Waals surface area (Å²) in [7, 11) is -4.22. The molecule has 5 rings (SSSR count). The Kier molecular flexibility index (Phi) is 10.7. The van der Waals surface area contributed by atoms with Crippen LogP contribution in [0.5, 0.6) is 5.75 Å². The summed E-state index contributed by atoms with van der Waals surface area (Å²) in [6.07, 6.45) is 1.99. The third-order valence-corrected chi connectivity index (χ3v) is 8.90. The number of nitriles is 1. The highest BCUT2D eigenvalue weighted by Crippen LogP contribution is 2.46. The highest BCUT2D eigenvalue weighted by Gasteiger charge is 2.33. The fraction of sp³-hybridized carbons (Fsp3) is 0.250. The van der Waals surface area contributed by atoms with Crippen LogP contribution in [0.1, 0.15) is 64.1 Å². The van der Waals surface area contributed by atoms with Gasteiger partial charge in [0.15, 0.2) is 0 Å². The normalized spacial score (nSPS) is 13.2. The maximum absolute atomic E-state index is 12.4. The van der Waals surface area contributed by atoms with Crippen LogP contribution in [0.15, 0.2) is 64.3 Å². The van der Waals surface area contributed by atoms with Gasteiger partial charge in [0.05, 0.1) is 43.7 Å². The number of oxime groups is 1. The van der Waals surface area contributed by atoms with Crippen LogP contribution in [0.2, 0.25) is 15.1 Å². The van der Waals surface area contributed by atoms with Gasteiger partial charge in [0.25, 0.3) is 16.0 Å². The molecule has 1 fully saturated rings. The summed E-state index contributed by atoms with van der Waals surface area (Å²) in [5.74, 6) is 0.309. The van der Waals surface area contributed by atoms with E-state index in [1.807, 2.05) is 6.07 Å². The van der Waals surface area contributed by atoms with Crippen LogP contribution in [-0.2, 0) is 28.2 Å². The molecule has 1 heterocycles. The number of hydrogen-bond acceptors (Lipinski definition) is 9. The van der Waals surface area contributed by atoms with Crippen LogP contribution in [0, 0.1) is 11.3 Å². The first kappa shape index (κ1) is 34.2. The van der Waals surface area contributed by atoms with Gasteiger partial charge in [0.2, 0.25) is 0 Å². The van der Waals surface area contributed by atoms with Crippen LogP contribution in [0.4, 0.5) is 0 Å². The van der Waals surface area contributed by atoms with Gasteiger partial charge in [-0.05, 0) is 68.3 Å². The molecule has 244 valence electrons. The lowest BCUT2D eigenvalue weighted by Crippen LogP contribution is -2.29. The van der Waals surface area contributed by atoms with Crippen LogP contribution in [0.25, 0.3) is 11.3 Å². The topological polar surface area (TPSA) is 164 Å². The minimum atomic E-state index is -4.22. The van der Waals surface area contributed by atoms with Gasteiger partial charge in [-0.1, -0.05) is 51.2 Å². The molecule has 3 aromatic carbocycles. The van der Waals surface area contributed by atoms with E-state index in [9.17, 15) is 18.5 Å². The number of carbonyl (C=O) groups is 1. The second-order valence-electron chi connectivity index (χ2n) is 10.7. The van der Waals surface area contributed by atoms with Gasteiger partial charge in [-0.3, -0.25) is 9.35 Å². The third kappa shape index (κ3) is 8.62. The summed E-state index contributed by atoms with van der Waals surface area (Å²) < 4.78 is 42.5. The lowest BCUT2D eigenvalue weighted by Gasteiger charge is -2.11. The predicted molar refractivity (Wildman–Crippen MR) is 177 cm³/mol. The fourth-order valence-corrected chi connectivity index (χ4v) is 5.93. The van der Waals surface area contributed by atoms with Crippen molar-refractivity contribution in [3.8, 4) is 23.1 Å². The zero-order valence-electron chi connectivity index (χ0n) is 24.8. The zero-order chi connectivity index (χ0) is 33.7. The second kappa shape index (κ2) is 14.8. The van der Waals surface area contributed by atoms with Crippen LogP contribution >= 0.6 is 34.8 Å². The van der Waals surface area contributed by atoms with Crippen molar-refractivity contribution in [3.63, 3.8) is 0 Å². The van der Waals surface area contributed by atoms with Gasteiger partial charge in [0, 0.05) is 34.7 Å². The first-order chi connectivity index (χ1) is 22.4. The van der Waals surface area contributed by atoms with Crippen LogP contribution in [-0.4, -0.2) is 42.0 Å². The number of amides is 1. The lowest BCUT2D eigenvalue weighted by atomic mass is 10.0. The van der Waals surface area contributed by atoms with Gasteiger partial charge in [0.1, 0.15) is 30.4 Å². The molecule has 0 radical (unpaired) electrons. The van der Waals surface area contributed by atoms with Crippen molar-refractivity contribution in [1.29, 1.82) is 5.26 Å². The fourth-order valence-electron chi connectivity index (χ4n) is 4.69. The van der Waals surface area contributed by atoms with Crippen LogP contribution in [0.3, 0.4) is 0 Å². The molecular weight excluding hydrogens is 691 g/mol. The third-order valence-electron chi connectivity index (χ3n) is 7.23.